The van der Waals surface area contributed by atoms with E-state index in [0.717, 1.165) is 49.6 Å². The molecule has 0 aromatic heterocycles. The maximum absolute atomic E-state index is 15.1. The Labute approximate surface area is 234 Å². The maximum atomic E-state index is 15.1. The van der Waals surface area contributed by atoms with Crippen LogP contribution >= 0.6 is 0 Å². The van der Waals surface area contributed by atoms with Crippen molar-refractivity contribution in [3.8, 4) is 16.9 Å². The molecule has 0 heterocycles. The van der Waals surface area contributed by atoms with Gasteiger partial charge in [0, 0.05) is 46.8 Å². The van der Waals surface area contributed by atoms with Crippen LogP contribution in [0.4, 0.5) is 17.6 Å². The van der Waals surface area contributed by atoms with E-state index in [4.69, 9.17) is 10.5 Å². The van der Waals surface area contributed by atoms with Gasteiger partial charge in [0.2, 0.25) is 11.8 Å². The van der Waals surface area contributed by atoms with Crippen LogP contribution < -0.4 is 21.1 Å². The van der Waals surface area contributed by atoms with Crippen LogP contribution in [0.25, 0.3) is 11.1 Å². The number of amides is 3. The molecule has 3 fully saturated rings. The van der Waals surface area contributed by atoms with Crippen LogP contribution in [0.3, 0.4) is 0 Å². The first-order chi connectivity index (χ1) is 19.4. The lowest BCUT2D eigenvalue weighted by molar-refractivity contribution is -0.127. The van der Waals surface area contributed by atoms with E-state index in [2.05, 4.69) is 17.6 Å². The second-order valence-corrected chi connectivity index (χ2v) is 11.6. The molecule has 4 N–H and O–H groups in total. The number of rotatable bonds is 8. The van der Waals surface area contributed by atoms with Crippen molar-refractivity contribution < 1.29 is 36.7 Å². The molecule has 3 saturated carbocycles. The van der Waals surface area contributed by atoms with Crippen molar-refractivity contribution in [1.29, 1.82) is 0 Å². The Kier molecular flexibility index (Phi) is 7.56. The largest absolute Gasteiger partial charge is 0.496 e. The van der Waals surface area contributed by atoms with Gasteiger partial charge in [0.05, 0.1) is 18.6 Å². The zero-order valence-electron chi connectivity index (χ0n) is 22.7. The highest BCUT2D eigenvalue weighted by Crippen LogP contribution is 2.53. The topological polar surface area (TPSA) is 111 Å². The summed E-state index contributed by atoms with van der Waals surface area (Å²) in [4.78, 5) is 38.6. The van der Waals surface area contributed by atoms with Crippen molar-refractivity contribution in [3.05, 3.63) is 64.7 Å². The van der Waals surface area contributed by atoms with Gasteiger partial charge in [-0.1, -0.05) is 13.3 Å². The van der Waals surface area contributed by atoms with E-state index in [1.54, 1.807) is 0 Å². The fourth-order valence-corrected chi connectivity index (χ4v) is 6.55. The quantitative estimate of drug-likeness (QED) is 0.388. The van der Waals surface area contributed by atoms with Crippen molar-refractivity contribution in [2.45, 2.75) is 45.1 Å². The summed E-state index contributed by atoms with van der Waals surface area (Å²) in [5.41, 5.74) is 4.32. The number of primary amides is 1. The van der Waals surface area contributed by atoms with Crippen LogP contribution in [0.15, 0.2) is 42.0 Å². The van der Waals surface area contributed by atoms with Gasteiger partial charge in [-0.25, -0.2) is 8.78 Å². The average molecular weight is 574 g/mol. The van der Waals surface area contributed by atoms with E-state index in [0.29, 0.717) is 13.0 Å². The molecule has 0 aliphatic heterocycles. The third-order valence-corrected chi connectivity index (χ3v) is 8.98. The molecule has 2 aromatic rings. The average Bonchev–Trinajstić information content (AvgIpc) is 3.50. The Morgan fingerprint density at radius 1 is 1.07 bits per heavy atom. The van der Waals surface area contributed by atoms with Gasteiger partial charge in [0.25, 0.3) is 12.0 Å². The van der Waals surface area contributed by atoms with E-state index in [1.165, 1.54) is 7.11 Å². The molecule has 5 rings (SSSR count). The smallest absolute Gasteiger partial charge is 0.269 e. The Morgan fingerprint density at radius 3 is 2.39 bits per heavy atom. The van der Waals surface area contributed by atoms with Gasteiger partial charge in [-0.05, 0) is 61.3 Å². The number of carbonyl (C=O) groups excluding carboxylic acids is 3. The summed E-state index contributed by atoms with van der Waals surface area (Å²) in [7, 11) is 1.22. The number of methoxy groups -OCH3 is 1. The Morgan fingerprint density at radius 2 is 1.78 bits per heavy atom. The molecular formula is C30H31F4N3O4. The molecule has 7 nitrogen and oxygen atoms in total. The van der Waals surface area contributed by atoms with Crippen molar-refractivity contribution in [1.82, 2.24) is 10.6 Å². The maximum Gasteiger partial charge on any atom is 0.269 e. The number of nitrogens with one attached hydrogen (secondary N) is 2. The minimum atomic E-state index is -1.82. The van der Waals surface area contributed by atoms with Gasteiger partial charge < -0.3 is 21.1 Å². The molecule has 0 unspecified atom stereocenters. The van der Waals surface area contributed by atoms with E-state index >= 15 is 4.39 Å². The van der Waals surface area contributed by atoms with E-state index < -0.39 is 47.4 Å². The number of carbonyl (C=O) groups is 3. The molecule has 0 radical (unpaired) electrons. The first-order valence-electron chi connectivity index (χ1n) is 13.5. The van der Waals surface area contributed by atoms with E-state index in [9.17, 15) is 27.6 Å². The highest BCUT2D eigenvalue weighted by atomic mass is 19.3. The third-order valence-electron chi connectivity index (χ3n) is 8.98. The minimum absolute atomic E-state index is 0.00109. The van der Waals surface area contributed by atoms with Crippen LogP contribution in [0.2, 0.25) is 0 Å². The molecule has 3 amide bonds. The van der Waals surface area contributed by atoms with Gasteiger partial charge in [0.1, 0.15) is 17.4 Å². The highest BCUT2D eigenvalue weighted by molar-refractivity contribution is 5.99. The molecule has 2 bridgehead atoms. The number of hydrogen-bond donors (Lipinski definition) is 3. The Balaban J connectivity index is 1.47. The van der Waals surface area contributed by atoms with Gasteiger partial charge in [-0.15, -0.1) is 0 Å². The van der Waals surface area contributed by atoms with Crippen molar-refractivity contribution in [2.24, 2.45) is 28.9 Å². The summed E-state index contributed by atoms with van der Waals surface area (Å²) in [6.45, 7) is 2.54. The molecule has 0 saturated heterocycles. The van der Waals surface area contributed by atoms with Crippen molar-refractivity contribution >= 4 is 17.7 Å². The zero-order chi connectivity index (χ0) is 29.6. The minimum Gasteiger partial charge on any atom is -0.496 e. The molecule has 41 heavy (non-hydrogen) atoms. The molecule has 2 aromatic carbocycles. The fourth-order valence-electron chi connectivity index (χ4n) is 6.55. The SMILES string of the molecule is COc1cc(F)c(-c2cc(C(N)=O)ccc2F)cc1C(=O)N[C@H]1[C@@H](C(=O)NCC2(C)CCC2)[C@@H]2CC(=C(F)F)[C@H]1C2. The predicted octanol–water partition coefficient (Wildman–Crippen LogP) is 4.95. The second kappa shape index (κ2) is 10.8. The standard InChI is InChI=1S/C30H31F4N3O4/c1-30(6-3-7-30)13-36-29(40)24-15-9-18(19(10-15)26(33)34)25(24)37-28(39)20-11-17(22(32)12-23(20)41-2)16-8-14(27(35)38)4-5-21(16)31/h4-5,8,11-12,15,18,24-25H,3,6-7,9-10,13H2,1-2H3,(H2,35,38)(H,36,40)(H,37,39)/t15-,18+,24-,25+/m0/s1. The van der Waals surface area contributed by atoms with Gasteiger partial charge >= 0.3 is 0 Å². The summed E-state index contributed by atoms with van der Waals surface area (Å²) in [6, 6.07) is 4.22. The summed E-state index contributed by atoms with van der Waals surface area (Å²) in [6.07, 6.45) is 1.64. The first kappa shape index (κ1) is 28.6. The molecule has 3 aliphatic carbocycles. The van der Waals surface area contributed by atoms with Crippen LogP contribution in [0.5, 0.6) is 5.75 Å². The molecule has 11 heteroatoms. The van der Waals surface area contributed by atoms with E-state index in [1.807, 2.05) is 0 Å². The molecule has 4 atom stereocenters. The lowest BCUT2D eigenvalue weighted by atomic mass is 9.70. The van der Waals surface area contributed by atoms with Gasteiger partial charge in [0.15, 0.2) is 0 Å². The normalized spacial score (nSPS) is 24.0. The number of ether oxygens (including phenoxy) is 1. The summed E-state index contributed by atoms with van der Waals surface area (Å²) in [5, 5.41) is 5.72. The molecule has 218 valence electrons. The zero-order valence-corrected chi connectivity index (χ0v) is 22.7. The van der Waals surface area contributed by atoms with Gasteiger partial charge in [-0.2, -0.15) is 8.78 Å². The number of halogens is 4. The molecule has 0 spiro atoms. The second-order valence-electron chi connectivity index (χ2n) is 11.6. The molecular weight excluding hydrogens is 542 g/mol. The molecule has 3 aliphatic rings. The number of benzene rings is 2. The Hall–Kier alpha value is -3.89. The van der Waals surface area contributed by atoms with Crippen molar-refractivity contribution in [2.75, 3.05) is 13.7 Å². The van der Waals surface area contributed by atoms with Crippen LogP contribution in [0.1, 0.15) is 59.7 Å². The van der Waals surface area contributed by atoms with Crippen LogP contribution in [-0.4, -0.2) is 37.4 Å². The van der Waals surface area contributed by atoms with Crippen molar-refractivity contribution in [3.63, 3.8) is 0 Å². The highest BCUT2D eigenvalue weighted by Gasteiger charge is 2.55. The fraction of sp³-hybridized carbons (Fsp3) is 0.433. The Bertz CT molecular complexity index is 1450. The summed E-state index contributed by atoms with van der Waals surface area (Å²) < 4.78 is 62.6. The van der Waals surface area contributed by atoms with Gasteiger partial charge in [-0.3, -0.25) is 14.4 Å². The number of nitrogens with two attached hydrogens (primary N) is 1. The van der Waals surface area contributed by atoms with Crippen LogP contribution in [-0.2, 0) is 4.79 Å². The number of fused-ring (bicyclic) bond motifs is 2. The van der Waals surface area contributed by atoms with E-state index in [-0.39, 0.29) is 57.2 Å². The van der Waals surface area contributed by atoms with Crippen LogP contribution in [0, 0.1) is 34.8 Å². The summed E-state index contributed by atoms with van der Waals surface area (Å²) >= 11 is 0. The summed E-state index contributed by atoms with van der Waals surface area (Å²) in [5.74, 6) is -5.74. The number of hydrogen-bond acceptors (Lipinski definition) is 4. The third kappa shape index (κ3) is 5.29. The lowest BCUT2D eigenvalue weighted by Crippen LogP contribution is -2.52. The first-order valence-corrected chi connectivity index (χ1v) is 13.5. The predicted molar refractivity (Wildman–Crippen MR) is 142 cm³/mol. The monoisotopic (exact) mass is 573 g/mol. The lowest BCUT2D eigenvalue weighted by Gasteiger charge is -2.39.